The summed E-state index contributed by atoms with van der Waals surface area (Å²) < 4.78 is 3.05. The van der Waals surface area contributed by atoms with Crippen LogP contribution in [0.2, 0.25) is 0 Å². The average Bonchev–Trinajstić information content (AvgIpc) is 2.86. The zero-order valence-corrected chi connectivity index (χ0v) is 9.34. The molecule has 1 N–H and O–H groups in total. The number of rotatable bonds is 4. The van der Waals surface area contributed by atoms with Crippen LogP contribution in [0.4, 0.5) is 0 Å². The molecule has 3 nitrogen and oxygen atoms in total. The number of hydrogen-bond acceptors (Lipinski definition) is 2. The van der Waals surface area contributed by atoms with E-state index in [-0.39, 0.29) is 0 Å². The number of aryl methyl sites for hydroxylation is 1. The van der Waals surface area contributed by atoms with Gasteiger partial charge in [0.25, 0.3) is 0 Å². The van der Waals surface area contributed by atoms with Crippen LogP contribution in [0.5, 0.6) is 0 Å². The molecule has 72 valence electrons. The van der Waals surface area contributed by atoms with Gasteiger partial charge in [0, 0.05) is 26.1 Å². The van der Waals surface area contributed by atoms with Crippen molar-refractivity contribution in [3.05, 3.63) is 16.4 Å². The molecular formula is C9H14BrN3. The molecule has 1 saturated carbocycles. The number of hydrogen-bond donors (Lipinski definition) is 1. The van der Waals surface area contributed by atoms with E-state index < -0.39 is 0 Å². The maximum Gasteiger partial charge on any atom is 0.0635 e. The number of halogens is 1. The van der Waals surface area contributed by atoms with Gasteiger partial charge in [0.2, 0.25) is 0 Å². The van der Waals surface area contributed by atoms with Crippen LogP contribution >= 0.6 is 15.9 Å². The van der Waals surface area contributed by atoms with Gasteiger partial charge in [-0.05, 0) is 28.8 Å². The van der Waals surface area contributed by atoms with Crippen LogP contribution < -0.4 is 5.32 Å². The second kappa shape index (κ2) is 3.80. The molecule has 0 aromatic carbocycles. The van der Waals surface area contributed by atoms with Crippen LogP contribution in [0.3, 0.4) is 0 Å². The predicted molar refractivity (Wildman–Crippen MR) is 55.6 cm³/mol. The van der Waals surface area contributed by atoms with Crippen molar-refractivity contribution in [2.45, 2.75) is 25.3 Å². The molecule has 0 atom stereocenters. The molecule has 1 heterocycles. The Kier molecular flexibility index (Phi) is 2.69. The molecule has 2 rings (SSSR count). The van der Waals surface area contributed by atoms with Crippen LogP contribution in [-0.4, -0.2) is 22.4 Å². The summed E-state index contributed by atoms with van der Waals surface area (Å²) in [6.45, 7) is 1.06. The quantitative estimate of drug-likeness (QED) is 0.869. The van der Waals surface area contributed by atoms with Gasteiger partial charge in [0.05, 0.1) is 16.4 Å². The summed E-state index contributed by atoms with van der Waals surface area (Å²) in [6, 6.07) is 0.798. The van der Waals surface area contributed by atoms with Crippen molar-refractivity contribution in [1.82, 2.24) is 15.1 Å². The molecule has 0 amide bonds. The molecule has 1 fully saturated rings. The first-order valence-corrected chi connectivity index (χ1v) is 5.46. The molecule has 0 bridgehead atoms. The first kappa shape index (κ1) is 9.21. The first-order valence-electron chi connectivity index (χ1n) is 4.67. The van der Waals surface area contributed by atoms with E-state index in [1.807, 2.05) is 17.9 Å². The van der Waals surface area contributed by atoms with Gasteiger partial charge in [-0.25, -0.2) is 0 Å². The standard InChI is InChI=1S/C9H14BrN3/c1-13-9(8(10)6-12-13)4-5-11-7-2-3-7/h6-7,11H,2-5H2,1H3. The third-order valence-corrected chi connectivity index (χ3v) is 3.05. The monoisotopic (exact) mass is 243 g/mol. The molecule has 13 heavy (non-hydrogen) atoms. The summed E-state index contributed by atoms with van der Waals surface area (Å²) in [5.74, 6) is 0. The smallest absolute Gasteiger partial charge is 0.0635 e. The van der Waals surface area contributed by atoms with Gasteiger partial charge in [-0.15, -0.1) is 0 Å². The topological polar surface area (TPSA) is 29.9 Å². The van der Waals surface area contributed by atoms with E-state index >= 15 is 0 Å². The minimum absolute atomic E-state index is 0.798. The van der Waals surface area contributed by atoms with E-state index in [9.17, 15) is 0 Å². The average molecular weight is 244 g/mol. The van der Waals surface area contributed by atoms with E-state index in [4.69, 9.17) is 0 Å². The van der Waals surface area contributed by atoms with Crippen LogP contribution in [0, 0.1) is 0 Å². The molecule has 0 spiro atoms. The van der Waals surface area contributed by atoms with Gasteiger partial charge < -0.3 is 5.32 Å². The van der Waals surface area contributed by atoms with E-state index in [1.165, 1.54) is 18.5 Å². The van der Waals surface area contributed by atoms with Crippen molar-refractivity contribution in [3.63, 3.8) is 0 Å². The minimum atomic E-state index is 0.798. The molecule has 4 heteroatoms. The Bertz CT molecular complexity index is 272. The van der Waals surface area contributed by atoms with Gasteiger partial charge in [-0.2, -0.15) is 5.10 Å². The largest absolute Gasteiger partial charge is 0.314 e. The van der Waals surface area contributed by atoms with Crippen molar-refractivity contribution in [2.75, 3.05) is 6.54 Å². The molecule has 1 aromatic heterocycles. The lowest BCUT2D eigenvalue weighted by Crippen LogP contribution is -2.20. The lowest BCUT2D eigenvalue weighted by Gasteiger charge is -2.03. The summed E-state index contributed by atoms with van der Waals surface area (Å²) in [4.78, 5) is 0. The van der Waals surface area contributed by atoms with Crippen molar-refractivity contribution in [2.24, 2.45) is 7.05 Å². The fourth-order valence-corrected chi connectivity index (χ4v) is 1.95. The zero-order valence-electron chi connectivity index (χ0n) is 7.76. The Balaban J connectivity index is 1.84. The van der Waals surface area contributed by atoms with Gasteiger partial charge in [-0.3, -0.25) is 4.68 Å². The van der Waals surface area contributed by atoms with Crippen molar-refractivity contribution < 1.29 is 0 Å². The predicted octanol–water partition coefficient (Wildman–Crippen LogP) is 1.48. The Morgan fingerprint density at radius 2 is 2.46 bits per heavy atom. The second-order valence-corrected chi connectivity index (χ2v) is 4.40. The van der Waals surface area contributed by atoms with Gasteiger partial charge in [0.1, 0.15) is 0 Å². The van der Waals surface area contributed by atoms with E-state index in [0.29, 0.717) is 0 Å². The highest BCUT2D eigenvalue weighted by molar-refractivity contribution is 9.10. The Morgan fingerprint density at radius 1 is 1.69 bits per heavy atom. The van der Waals surface area contributed by atoms with Crippen LogP contribution in [0.1, 0.15) is 18.5 Å². The lowest BCUT2D eigenvalue weighted by atomic mass is 10.3. The fraction of sp³-hybridized carbons (Fsp3) is 0.667. The summed E-state index contributed by atoms with van der Waals surface area (Å²) in [5.41, 5.74) is 1.27. The van der Waals surface area contributed by atoms with Crippen molar-refractivity contribution in [3.8, 4) is 0 Å². The van der Waals surface area contributed by atoms with Crippen molar-refractivity contribution >= 4 is 15.9 Å². The van der Waals surface area contributed by atoms with E-state index in [1.54, 1.807) is 0 Å². The summed E-state index contributed by atoms with van der Waals surface area (Å²) >= 11 is 3.49. The number of aromatic nitrogens is 2. The molecule has 1 aromatic rings. The van der Waals surface area contributed by atoms with E-state index in [0.717, 1.165) is 23.5 Å². The summed E-state index contributed by atoms with van der Waals surface area (Å²) in [6.07, 6.45) is 5.61. The number of nitrogens with one attached hydrogen (secondary N) is 1. The maximum atomic E-state index is 4.17. The molecule has 0 unspecified atom stereocenters. The first-order chi connectivity index (χ1) is 6.27. The summed E-state index contributed by atoms with van der Waals surface area (Å²) in [7, 11) is 1.98. The third-order valence-electron chi connectivity index (χ3n) is 2.38. The molecule has 1 aliphatic carbocycles. The lowest BCUT2D eigenvalue weighted by molar-refractivity contribution is 0.639. The molecule has 1 aliphatic rings. The molecule has 0 aliphatic heterocycles. The highest BCUT2D eigenvalue weighted by Crippen LogP contribution is 2.19. The normalized spacial score (nSPS) is 16.5. The Hall–Kier alpha value is -0.350. The molecule has 0 radical (unpaired) electrons. The van der Waals surface area contributed by atoms with Crippen LogP contribution in [0.25, 0.3) is 0 Å². The summed E-state index contributed by atoms with van der Waals surface area (Å²) in [5, 5.41) is 7.66. The van der Waals surface area contributed by atoms with E-state index in [2.05, 4.69) is 26.3 Å². The second-order valence-electron chi connectivity index (χ2n) is 3.54. The molecular weight excluding hydrogens is 230 g/mol. The van der Waals surface area contributed by atoms with Gasteiger partial charge in [0.15, 0.2) is 0 Å². The Morgan fingerprint density at radius 3 is 3.00 bits per heavy atom. The van der Waals surface area contributed by atoms with Gasteiger partial charge in [-0.1, -0.05) is 0 Å². The SMILES string of the molecule is Cn1ncc(Br)c1CCNC1CC1. The van der Waals surface area contributed by atoms with Crippen LogP contribution in [0.15, 0.2) is 10.7 Å². The third kappa shape index (κ3) is 2.31. The maximum absolute atomic E-state index is 4.17. The highest BCUT2D eigenvalue weighted by Gasteiger charge is 2.19. The van der Waals surface area contributed by atoms with Crippen LogP contribution in [-0.2, 0) is 13.5 Å². The van der Waals surface area contributed by atoms with Crippen molar-refractivity contribution in [1.29, 1.82) is 0 Å². The Labute approximate surface area is 86.6 Å². The fourth-order valence-electron chi connectivity index (χ4n) is 1.40. The zero-order chi connectivity index (χ0) is 9.26. The highest BCUT2D eigenvalue weighted by atomic mass is 79.9. The molecule has 0 saturated heterocycles. The number of nitrogens with zero attached hydrogens (tertiary/aromatic N) is 2. The van der Waals surface area contributed by atoms with Gasteiger partial charge >= 0.3 is 0 Å². The minimum Gasteiger partial charge on any atom is -0.314 e.